The fourth-order valence-electron chi connectivity index (χ4n) is 2.40. The van der Waals surface area contributed by atoms with Gasteiger partial charge in [-0.1, -0.05) is 61.9 Å². The number of nitrogens with zero attached hydrogens (tertiary/aromatic N) is 2. The minimum absolute atomic E-state index is 0.0523. The highest BCUT2D eigenvalue weighted by atomic mass is 32.2. The van der Waals surface area contributed by atoms with Crippen molar-refractivity contribution >= 4 is 34.1 Å². The number of amides is 1. The fourth-order valence-corrected chi connectivity index (χ4v) is 4.10. The van der Waals surface area contributed by atoms with Crippen molar-refractivity contribution in [3.8, 4) is 5.75 Å². The quantitative estimate of drug-likeness (QED) is 0.465. The second-order valence-electron chi connectivity index (χ2n) is 5.75. The Kier molecular flexibility index (Phi) is 8.21. The Hall–Kier alpha value is -1.60. The number of carbonyl (C=O) groups excluding carboxylic acids is 1. The second kappa shape index (κ2) is 10.4. The Balaban J connectivity index is 1.87. The molecule has 0 aliphatic carbocycles. The lowest BCUT2D eigenvalue weighted by Gasteiger charge is -2.12. The van der Waals surface area contributed by atoms with Crippen LogP contribution in [0.5, 0.6) is 5.75 Å². The van der Waals surface area contributed by atoms with Crippen LogP contribution in [0, 0.1) is 5.92 Å². The molecule has 0 unspecified atom stereocenters. The van der Waals surface area contributed by atoms with Gasteiger partial charge in [0.2, 0.25) is 11.0 Å². The molecule has 1 aromatic carbocycles. The monoisotopic (exact) mass is 379 g/mol. The first-order chi connectivity index (χ1) is 12.2. The van der Waals surface area contributed by atoms with E-state index in [2.05, 4.69) is 35.4 Å². The van der Waals surface area contributed by atoms with Gasteiger partial charge in [-0.25, -0.2) is 0 Å². The van der Waals surface area contributed by atoms with Crippen molar-refractivity contribution in [2.45, 2.75) is 49.6 Å². The van der Waals surface area contributed by atoms with E-state index in [-0.39, 0.29) is 11.8 Å². The molecule has 0 spiro atoms. The van der Waals surface area contributed by atoms with Crippen LogP contribution in [0.4, 0.5) is 5.13 Å². The smallest absolute Gasteiger partial charge is 0.229 e. The molecule has 1 heterocycles. The standard InChI is InChI=1S/C18H25N3O2S2/c1-4-6-9-14(5-2)16(22)19-17-20-21-18(25-17)24-12-13-8-7-10-15(11-13)23-3/h7-8,10-11,14H,4-6,9,12H2,1-3H3,(H,19,20,22)/t14-/m0/s1. The average Bonchev–Trinajstić information content (AvgIpc) is 3.08. The third-order valence-corrected chi connectivity index (χ3v) is 5.95. The summed E-state index contributed by atoms with van der Waals surface area (Å²) in [7, 11) is 1.66. The number of ether oxygens (including phenoxy) is 1. The van der Waals surface area contributed by atoms with Gasteiger partial charge in [-0.05, 0) is 30.5 Å². The highest BCUT2D eigenvalue weighted by molar-refractivity contribution is 8.00. The van der Waals surface area contributed by atoms with Gasteiger partial charge in [0, 0.05) is 11.7 Å². The molecular weight excluding hydrogens is 354 g/mol. The van der Waals surface area contributed by atoms with E-state index in [0.717, 1.165) is 47.1 Å². The number of thioether (sulfide) groups is 1. The Morgan fingerprint density at radius 2 is 2.20 bits per heavy atom. The minimum atomic E-state index is 0.0523. The molecule has 0 fully saturated rings. The number of nitrogens with one attached hydrogen (secondary N) is 1. The van der Waals surface area contributed by atoms with Crippen LogP contribution in [0.3, 0.4) is 0 Å². The van der Waals surface area contributed by atoms with Crippen molar-refractivity contribution in [1.29, 1.82) is 0 Å². The molecular formula is C18H25N3O2S2. The summed E-state index contributed by atoms with van der Waals surface area (Å²) in [4.78, 5) is 12.3. The van der Waals surface area contributed by atoms with Crippen LogP contribution in [0.1, 0.15) is 45.1 Å². The number of aromatic nitrogens is 2. The zero-order valence-corrected chi connectivity index (χ0v) is 16.6. The molecule has 136 valence electrons. The molecule has 2 aromatic rings. The molecule has 1 atom stereocenters. The summed E-state index contributed by atoms with van der Waals surface area (Å²) < 4.78 is 6.08. The van der Waals surface area contributed by atoms with Crippen LogP contribution in [-0.4, -0.2) is 23.2 Å². The van der Waals surface area contributed by atoms with E-state index in [1.54, 1.807) is 18.9 Å². The number of rotatable bonds is 10. The van der Waals surface area contributed by atoms with Crippen molar-refractivity contribution in [2.24, 2.45) is 5.92 Å². The minimum Gasteiger partial charge on any atom is -0.497 e. The van der Waals surface area contributed by atoms with E-state index in [1.807, 2.05) is 18.2 Å². The maximum Gasteiger partial charge on any atom is 0.229 e. The Morgan fingerprint density at radius 3 is 2.92 bits per heavy atom. The molecule has 5 nitrogen and oxygen atoms in total. The number of benzene rings is 1. The van der Waals surface area contributed by atoms with Crippen molar-refractivity contribution in [3.05, 3.63) is 29.8 Å². The number of carbonyl (C=O) groups is 1. The maximum atomic E-state index is 12.3. The third-order valence-electron chi connectivity index (χ3n) is 3.90. The van der Waals surface area contributed by atoms with Gasteiger partial charge in [0.1, 0.15) is 5.75 Å². The van der Waals surface area contributed by atoms with Gasteiger partial charge in [-0.2, -0.15) is 0 Å². The molecule has 0 aliphatic heterocycles. The van der Waals surface area contributed by atoms with Crippen LogP contribution in [0.15, 0.2) is 28.6 Å². The number of anilines is 1. The predicted octanol–water partition coefficient (Wildman–Crippen LogP) is 4.99. The maximum absolute atomic E-state index is 12.3. The zero-order valence-electron chi connectivity index (χ0n) is 14.9. The van der Waals surface area contributed by atoms with Gasteiger partial charge < -0.3 is 10.1 Å². The fraction of sp³-hybridized carbons (Fsp3) is 0.500. The largest absolute Gasteiger partial charge is 0.497 e. The molecule has 7 heteroatoms. The highest BCUT2D eigenvalue weighted by Gasteiger charge is 2.17. The first-order valence-electron chi connectivity index (χ1n) is 8.56. The predicted molar refractivity (Wildman–Crippen MR) is 104 cm³/mol. The highest BCUT2D eigenvalue weighted by Crippen LogP contribution is 2.29. The van der Waals surface area contributed by atoms with Crippen molar-refractivity contribution in [1.82, 2.24) is 10.2 Å². The first-order valence-corrected chi connectivity index (χ1v) is 10.4. The van der Waals surface area contributed by atoms with Crippen LogP contribution < -0.4 is 10.1 Å². The number of unbranched alkanes of at least 4 members (excludes halogenated alkanes) is 1. The Bertz CT molecular complexity index is 676. The lowest BCUT2D eigenvalue weighted by molar-refractivity contribution is -0.120. The zero-order chi connectivity index (χ0) is 18.1. The second-order valence-corrected chi connectivity index (χ2v) is 7.95. The van der Waals surface area contributed by atoms with E-state index in [1.165, 1.54) is 11.3 Å². The van der Waals surface area contributed by atoms with Crippen LogP contribution in [0.2, 0.25) is 0 Å². The van der Waals surface area contributed by atoms with Crippen molar-refractivity contribution < 1.29 is 9.53 Å². The summed E-state index contributed by atoms with van der Waals surface area (Å²) in [5.74, 6) is 1.74. The summed E-state index contributed by atoms with van der Waals surface area (Å²) in [5, 5.41) is 11.7. The molecule has 1 amide bonds. The molecule has 2 rings (SSSR count). The molecule has 0 aliphatic rings. The Morgan fingerprint density at radius 1 is 1.36 bits per heavy atom. The topological polar surface area (TPSA) is 64.1 Å². The van der Waals surface area contributed by atoms with Crippen LogP contribution in [0.25, 0.3) is 0 Å². The van der Waals surface area contributed by atoms with Gasteiger partial charge in [-0.15, -0.1) is 10.2 Å². The summed E-state index contributed by atoms with van der Waals surface area (Å²) >= 11 is 3.03. The molecule has 0 saturated heterocycles. The molecule has 0 bridgehead atoms. The molecule has 25 heavy (non-hydrogen) atoms. The van der Waals surface area contributed by atoms with E-state index in [0.29, 0.717) is 5.13 Å². The van der Waals surface area contributed by atoms with Gasteiger partial charge >= 0.3 is 0 Å². The van der Waals surface area contributed by atoms with Gasteiger partial charge in [-0.3, -0.25) is 4.79 Å². The summed E-state index contributed by atoms with van der Waals surface area (Å²) in [6.45, 7) is 4.19. The normalized spacial score (nSPS) is 12.0. The van der Waals surface area contributed by atoms with Crippen molar-refractivity contribution in [2.75, 3.05) is 12.4 Å². The van der Waals surface area contributed by atoms with Gasteiger partial charge in [0.25, 0.3) is 0 Å². The molecule has 0 radical (unpaired) electrons. The van der Waals surface area contributed by atoms with E-state index in [9.17, 15) is 4.79 Å². The third kappa shape index (κ3) is 6.32. The summed E-state index contributed by atoms with van der Waals surface area (Å²) in [6, 6.07) is 7.96. The molecule has 1 aromatic heterocycles. The lowest BCUT2D eigenvalue weighted by atomic mass is 9.99. The number of methoxy groups -OCH3 is 1. The van der Waals surface area contributed by atoms with Gasteiger partial charge in [0.05, 0.1) is 7.11 Å². The molecule has 1 N–H and O–H groups in total. The average molecular weight is 380 g/mol. The van der Waals surface area contributed by atoms with E-state index < -0.39 is 0 Å². The Labute approximate surface area is 157 Å². The SMILES string of the molecule is CCCC[C@H](CC)C(=O)Nc1nnc(SCc2cccc(OC)c2)s1. The van der Waals surface area contributed by atoms with Crippen molar-refractivity contribution in [3.63, 3.8) is 0 Å². The molecule has 0 saturated carbocycles. The lowest BCUT2D eigenvalue weighted by Crippen LogP contribution is -2.22. The van der Waals surface area contributed by atoms with Crippen LogP contribution in [-0.2, 0) is 10.5 Å². The van der Waals surface area contributed by atoms with E-state index >= 15 is 0 Å². The van der Waals surface area contributed by atoms with E-state index in [4.69, 9.17) is 4.74 Å². The van der Waals surface area contributed by atoms with Crippen LogP contribution >= 0.6 is 23.1 Å². The number of hydrogen-bond donors (Lipinski definition) is 1. The summed E-state index contributed by atoms with van der Waals surface area (Å²) in [5.41, 5.74) is 1.16. The summed E-state index contributed by atoms with van der Waals surface area (Å²) in [6.07, 6.45) is 3.95. The first kappa shape index (κ1) is 19.7. The number of hydrogen-bond acceptors (Lipinski definition) is 6. The van der Waals surface area contributed by atoms with Gasteiger partial charge in [0.15, 0.2) is 4.34 Å².